The van der Waals surface area contributed by atoms with E-state index in [1.165, 1.54) is 0 Å². The summed E-state index contributed by atoms with van der Waals surface area (Å²) in [5.74, 6) is 0.858. The number of aromatic nitrogens is 2. The zero-order valence-corrected chi connectivity index (χ0v) is 16.7. The van der Waals surface area contributed by atoms with Crippen LogP contribution in [0.25, 0.3) is 11.3 Å². The van der Waals surface area contributed by atoms with Crippen LogP contribution in [0.15, 0.2) is 71.6 Å². The van der Waals surface area contributed by atoms with Gasteiger partial charge in [-0.2, -0.15) is 0 Å². The molecule has 0 unspecified atom stereocenters. The number of ether oxygens (including phenoxy) is 1. The van der Waals surface area contributed by atoms with Crippen LogP contribution < -0.4 is 26.3 Å². The van der Waals surface area contributed by atoms with Crippen molar-refractivity contribution in [2.75, 3.05) is 7.11 Å². The van der Waals surface area contributed by atoms with Crippen molar-refractivity contribution in [1.29, 1.82) is 0 Å². The van der Waals surface area contributed by atoms with Crippen LogP contribution in [0.2, 0.25) is 0 Å². The van der Waals surface area contributed by atoms with Crippen LogP contribution in [0, 0.1) is 0 Å². The molecule has 0 bridgehead atoms. The number of Topliss-reactive ketones (excluding diaryl/α,β-unsaturated/α-hetero) is 1. The molecule has 1 aromatic heterocycles. The van der Waals surface area contributed by atoms with Crippen molar-refractivity contribution in [3.63, 3.8) is 0 Å². The van der Waals surface area contributed by atoms with E-state index in [-0.39, 0.29) is 29.3 Å². The molecule has 0 radical (unpaired) electrons. The number of hydrogen-bond acceptors (Lipinski definition) is 3. The van der Waals surface area contributed by atoms with Crippen molar-refractivity contribution < 1.29 is 31.1 Å². The molecule has 0 aliphatic rings. The van der Waals surface area contributed by atoms with Crippen LogP contribution in [-0.2, 0) is 6.54 Å². The molecule has 0 saturated heterocycles. The molecule has 0 atom stereocenters. The lowest BCUT2D eigenvalue weighted by atomic mass is 10.1. The average molecular weight is 464 g/mol. The fraction of sp³-hybridized carbons (Fsp3) is 0.105. The highest BCUT2D eigenvalue weighted by Gasteiger charge is 2.12. The van der Waals surface area contributed by atoms with Crippen LogP contribution in [-0.4, -0.2) is 17.9 Å². The molecule has 25 heavy (non-hydrogen) atoms. The van der Waals surface area contributed by atoms with E-state index in [0.717, 1.165) is 21.5 Å². The first kappa shape index (κ1) is 19.3. The van der Waals surface area contributed by atoms with Crippen LogP contribution in [0.5, 0.6) is 5.75 Å². The van der Waals surface area contributed by atoms with Crippen LogP contribution >= 0.6 is 15.9 Å². The summed E-state index contributed by atoms with van der Waals surface area (Å²) in [6.07, 6.45) is 3.54. The minimum atomic E-state index is 0. The third-order valence-electron chi connectivity index (χ3n) is 3.65. The van der Waals surface area contributed by atoms with E-state index < -0.39 is 0 Å². The number of ketones is 1. The topological polar surface area (TPSA) is 43.1 Å². The number of methoxy groups -OCH3 is 1. The number of halogens is 2. The van der Waals surface area contributed by atoms with E-state index in [1.54, 1.807) is 18.0 Å². The summed E-state index contributed by atoms with van der Waals surface area (Å²) in [6, 6.07) is 17.0. The lowest BCUT2D eigenvalue weighted by molar-refractivity contribution is -0.686. The van der Waals surface area contributed by atoms with Gasteiger partial charge in [-0.25, -0.2) is 4.57 Å². The summed E-state index contributed by atoms with van der Waals surface area (Å²) in [6.45, 7) is 0.261. The number of carbonyl (C=O) groups excluding carboxylic acids is 1. The molecule has 0 N–H and O–H groups in total. The second kappa shape index (κ2) is 8.87. The lowest BCUT2D eigenvalue weighted by Gasteiger charge is -2.02. The Labute approximate surface area is 165 Å². The Morgan fingerprint density at radius 1 is 1.08 bits per heavy atom. The molecule has 0 amide bonds. The van der Waals surface area contributed by atoms with E-state index in [1.807, 2.05) is 60.8 Å². The molecule has 0 saturated carbocycles. The highest BCUT2D eigenvalue weighted by atomic mass is 79.9. The van der Waals surface area contributed by atoms with Gasteiger partial charge < -0.3 is 21.7 Å². The van der Waals surface area contributed by atoms with E-state index in [9.17, 15) is 4.79 Å². The summed E-state index contributed by atoms with van der Waals surface area (Å²) in [5, 5.41) is 0. The van der Waals surface area contributed by atoms with E-state index in [0.29, 0.717) is 5.56 Å². The van der Waals surface area contributed by atoms with Crippen molar-refractivity contribution in [3.8, 4) is 17.0 Å². The maximum atomic E-state index is 12.3. The minimum Gasteiger partial charge on any atom is -1.00 e. The molecular formula is C19H16Br2N2O2. The van der Waals surface area contributed by atoms with Crippen molar-refractivity contribution in [1.82, 2.24) is 4.98 Å². The molecule has 6 heteroatoms. The molecule has 0 spiro atoms. The zero-order valence-electron chi connectivity index (χ0n) is 13.5. The fourth-order valence-electron chi connectivity index (χ4n) is 2.30. The Morgan fingerprint density at radius 2 is 1.76 bits per heavy atom. The summed E-state index contributed by atoms with van der Waals surface area (Å²) >= 11 is 3.37. The number of benzene rings is 2. The molecule has 2 aromatic carbocycles. The van der Waals surface area contributed by atoms with Crippen molar-refractivity contribution in [2.24, 2.45) is 0 Å². The largest absolute Gasteiger partial charge is 1.00 e. The standard InChI is InChI=1S/C19H16BrN2O2.BrH/c1-24-17-8-4-14(5-9-17)18-10-11-22(13-21-18)12-19(23)15-2-6-16(20)7-3-15;/h2-11,13H,12H2,1H3;1H/q+1;/p-1. The first-order chi connectivity index (χ1) is 11.7. The molecule has 0 aliphatic carbocycles. The molecule has 0 fully saturated rings. The number of nitrogens with zero attached hydrogens (tertiary/aromatic N) is 2. The molecular weight excluding hydrogens is 448 g/mol. The maximum absolute atomic E-state index is 12.3. The number of hydrogen-bond donors (Lipinski definition) is 0. The Balaban J connectivity index is 0.00000225. The average Bonchev–Trinajstić information content (AvgIpc) is 2.63. The smallest absolute Gasteiger partial charge is 0.287 e. The van der Waals surface area contributed by atoms with Gasteiger partial charge in [0.25, 0.3) is 6.33 Å². The third-order valence-corrected chi connectivity index (χ3v) is 4.18. The normalized spacial score (nSPS) is 10.0. The fourth-order valence-corrected chi connectivity index (χ4v) is 2.57. The monoisotopic (exact) mass is 462 g/mol. The molecule has 3 aromatic rings. The van der Waals surface area contributed by atoms with E-state index in [2.05, 4.69) is 20.9 Å². The first-order valence-electron chi connectivity index (χ1n) is 7.44. The number of carbonyl (C=O) groups is 1. The molecule has 1 heterocycles. The molecule has 3 rings (SSSR count). The van der Waals surface area contributed by atoms with E-state index in [4.69, 9.17) is 4.74 Å². The Kier molecular flexibility index (Phi) is 6.84. The van der Waals surface area contributed by atoms with Gasteiger partial charge in [0, 0.05) is 21.7 Å². The summed E-state index contributed by atoms with van der Waals surface area (Å²) < 4.78 is 7.88. The predicted molar refractivity (Wildman–Crippen MR) is 94.9 cm³/mol. The third kappa shape index (κ3) is 4.96. The molecule has 4 nitrogen and oxygen atoms in total. The van der Waals surface area contributed by atoms with Crippen molar-refractivity contribution in [2.45, 2.75) is 6.54 Å². The zero-order chi connectivity index (χ0) is 16.9. The highest BCUT2D eigenvalue weighted by molar-refractivity contribution is 9.10. The van der Waals surface area contributed by atoms with Gasteiger partial charge in [-0.15, -0.1) is 0 Å². The Morgan fingerprint density at radius 3 is 2.32 bits per heavy atom. The predicted octanol–water partition coefficient (Wildman–Crippen LogP) is 0.694. The summed E-state index contributed by atoms with van der Waals surface area (Å²) in [5.41, 5.74) is 2.54. The maximum Gasteiger partial charge on any atom is 0.287 e. The second-order valence-electron chi connectivity index (χ2n) is 5.28. The number of rotatable bonds is 5. The summed E-state index contributed by atoms with van der Waals surface area (Å²) in [4.78, 5) is 16.7. The van der Waals surface area contributed by atoms with Gasteiger partial charge in [-0.3, -0.25) is 4.79 Å². The molecule has 128 valence electrons. The first-order valence-corrected chi connectivity index (χ1v) is 8.23. The minimum absolute atomic E-state index is 0. The van der Waals surface area contributed by atoms with Gasteiger partial charge in [0.2, 0.25) is 5.78 Å². The van der Waals surface area contributed by atoms with Gasteiger partial charge in [0.1, 0.15) is 5.75 Å². The molecule has 0 aliphatic heterocycles. The van der Waals surface area contributed by atoms with Gasteiger partial charge in [-0.1, -0.05) is 28.1 Å². The Bertz CT molecular complexity index is 833. The summed E-state index contributed by atoms with van der Waals surface area (Å²) in [7, 11) is 1.64. The lowest BCUT2D eigenvalue weighted by Crippen LogP contribution is -3.00. The van der Waals surface area contributed by atoms with Gasteiger partial charge in [0.05, 0.1) is 13.3 Å². The van der Waals surface area contributed by atoms with Crippen LogP contribution in [0.1, 0.15) is 10.4 Å². The van der Waals surface area contributed by atoms with Crippen LogP contribution in [0.4, 0.5) is 0 Å². The van der Waals surface area contributed by atoms with Crippen molar-refractivity contribution in [3.05, 3.63) is 77.2 Å². The van der Waals surface area contributed by atoms with Crippen molar-refractivity contribution >= 4 is 21.7 Å². The van der Waals surface area contributed by atoms with Crippen LogP contribution in [0.3, 0.4) is 0 Å². The van der Waals surface area contributed by atoms with Gasteiger partial charge in [-0.05, 0) is 41.4 Å². The SMILES string of the molecule is COc1ccc(-c2cc[n+](CC(=O)c3ccc(Br)cc3)cn2)cc1.[Br-]. The van der Waals surface area contributed by atoms with Gasteiger partial charge in [0.15, 0.2) is 12.2 Å². The highest BCUT2D eigenvalue weighted by Crippen LogP contribution is 2.19. The van der Waals surface area contributed by atoms with E-state index >= 15 is 0 Å². The second-order valence-corrected chi connectivity index (χ2v) is 6.19. The van der Waals surface area contributed by atoms with Gasteiger partial charge >= 0.3 is 0 Å². The Hall–Kier alpha value is -2.05. The quantitative estimate of drug-likeness (QED) is 0.413.